The van der Waals surface area contributed by atoms with E-state index in [0.29, 0.717) is 26.2 Å². The smallest absolute Gasteiger partial charge is 0.243 e. The largest absolute Gasteiger partial charge is 0.345 e. The molecule has 0 bridgehead atoms. The van der Waals surface area contributed by atoms with Gasteiger partial charge in [0.25, 0.3) is 0 Å². The van der Waals surface area contributed by atoms with Crippen LogP contribution in [-0.2, 0) is 10.0 Å². The van der Waals surface area contributed by atoms with Gasteiger partial charge in [-0.3, -0.25) is 0 Å². The van der Waals surface area contributed by atoms with Crippen molar-refractivity contribution in [1.82, 2.24) is 9.29 Å². The van der Waals surface area contributed by atoms with E-state index in [1.54, 1.807) is 11.3 Å². The lowest BCUT2D eigenvalue weighted by molar-refractivity contribution is 0.384. The standard InChI is InChI=1S/C19H18FN3O2S2/c20-16-6-8-17(9-7-16)27(24,25)23-12-10-22(11-13-23)19-21-18(14-26-19)15-4-2-1-3-5-15/h1-9,14H,10-13H2. The van der Waals surface area contributed by atoms with Crippen molar-refractivity contribution >= 4 is 26.5 Å². The van der Waals surface area contributed by atoms with Gasteiger partial charge in [0.1, 0.15) is 5.82 Å². The Morgan fingerprint density at radius 1 is 0.926 bits per heavy atom. The van der Waals surface area contributed by atoms with Gasteiger partial charge in [0, 0.05) is 37.1 Å². The molecule has 140 valence electrons. The Morgan fingerprint density at radius 3 is 2.26 bits per heavy atom. The van der Waals surface area contributed by atoms with Crippen molar-refractivity contribution in [3.8, 4) is 11.3 Å². The lowest BCUT2D eigenvalue weighted by Gasteiger charge is -2.33. The van der Waals surface area contributed by atoms with Gasteiger partial charge in [-0.15, -0.1) is 11.3 Å². The minimum Gasteiger partial charge on any atom is -0.345 e. The topological polar surface area (TPSA) is 53.5 Å². The Hall–Kier alpha value is -2.29. The van der Waals surface area contributed by atoms with E-state index < -0.39 is 15.8 Å². The maximum Gasteiger partial charge on any atom is 0.243 e. The fraction of sp³-hybridized carbons (Fsp3) is 0.211. The number of nitrogens with zero attached hydrogens (tertiary/aromatic N) is 3. The highest BCUT2D eigenvalue weighted by atomic mass is 32.2. The molecule has 1 saturated heterocycles. The second-order valence-electron chi connectivity index (χ2n) is 6.23. The van der Waals surface area contributed by atoms with Crippen molar-refractivity contribution < 1.29 is 12.8 Å². The SMILES string of the molecule is O=S(=O)(c1ccc(F)cc1)N1CCN(c2nc(-c3ccccc3)cs2)CC1. The van der Waals surface area contributed by atoms with Gasteiger partial charge in [0.15, 0.2) is 5.13 Å². The van der Waals surface area contributed by atoms with E-state index in [-0.39, 0.29) is 4.90 Å². The molecule has 0 aliphatic carbocycles. The molecule has 1 aliphatic heterocycles. The monoisotopic (exact) mass is 403 g/mol. The van der Waals surface area contributed by atoms with Crippen molar-refractivity contribution in [2.45, 2.75) is 4.90 Å². The number of aromatic nitrogens is 1. The third kappa shape index (κ3) is 3.73. The van der Waals surface area contributed by atoms with Gasteiger partial charge in [0.2, 0.25) is 10.0 Å². The molecule has 0 saturated carbocycles. The quantitative estimate of drug-likeness (QED) is 0.670. The highest BCUT2D eigenvalue weighted by Gasteiger charge is 2.29. The van der Waals surface area contributed by atoms with Gasteiger partial charge in [0.05, 0.1) is 10.6 Å². The van der Waals surface area contributed by atoms with Crippen LogP contribution in [0, 0.1) is 5.82 Å². The molecule has 0 atom stereocenters. The van der Waals surface area contributed by atoms with E-state index in [2.05, 4.69) is 4.90 Å². The second kappa shape index (κ2) is 7.38. The molecule has 2 aromatic carbocycles. The summed E-state index contributed by atoms with van der Waals surface area (Å²) in [4.78, 5) is 6.92. The first-order chi connectivity index (χ1) is 13.0. The van der Waals surface area contributed by atoms with Crippen LogP contribution in [-0.4, -0.2) is 43.9 Å². The average molecular weight is 404 g/mol. The van der Waals surface area contributed by atoms with Crippen LogP contribution in [0.1, 0.15) is 0 Å². The molecule has 0 spiro atoms. The minimum atomic E-state index is -3.60. The molecular formula is C19H18FN3O2S2. The van der Waals surface area contributed by atoms with E-state index in [4.69, 9.17) is 4.98 Å². The van der Waals surface area contributed by atoms with E-state index in [9.17, 15) is 12.8 Å². The number of halogens is 1. The molecule has 0 unspecified atom stereocenters. The number of thiazole rings is 1. The van der Waals surface area contributed by atoms with Gasteiger partial charge in [-0.05, 0) is 24.3 Å². The van der Waals surface area contributed by atoms with E-state index in [0.717, 1.165) is 16.4 Å². The molecule has 5 nitrogen and oxygen atoms in total. The fourth-order valence-corrected chi connectivity index (χ4v) is 5.34. The predicted octanol–water partition coefficient (Wildman–Crippen LogP) is 3.46. The van der Waals surface area contributed by atoms with Crippen LogP contribution in [0.4, 0.5) is 9.52 Å². The number of hydrogen-bond donors (Lipinski definition) is 0. The Kier molecular flexibility index (Phi) is 4.94. The summed E-state index contributed by atoms with van der Waals surface area (Å²) in [7, 11) is -3.60. The molecule has 4 rings (SSSR count). The van der Waals surface area contributed by atoms with Crippen LogP contribution >= 0.6 is 11.3 Å². The van der Waals surface area contributed by atoms with E-state index in [1.165, 1.54) is 28.6 Å². The van der Waals surface area contributed by atoms with Crippen molar-refractivity contribution in [3.05, 3.63) is 65.8 Å². The maximum atomic E-state index is 13.1. The Bertz CT molecular complexity index is 1010. The summed E-state index contributed by atoms with van der Waals surface area (Å²) in [5.41, 5.74) is 1.99. The Labute approximate surface area is 161 Å². The molecule has 0 N–H and O–H groups in total. The number of sulfonamides is 1. The Balaban J connectivity index is 1.45. The number of rotatable bonds is 4. The van der Waals surface area contributed by atoms with Crippen LogP contribution in [0.2, 0.25) is 0 Å². The fourth-order valence-electron chi connectivity index (χ4n) is 3.03. The molecule has 27 heavy (non-hydrogen) atoms. The van der Waals surface area contributed by atoms with Crippen molar-refractivity contribution in [2.75, 3.05) is 31.1 Å². The third-order valence-corrected chi connectivity index (χ3v) is 7.34. The summed E-state index contributed by atoms with van der Waals surface area (Å²) in [6.45, 7) is 1.89. The minimum absolute atomic E-state index is 0.123. The maximum absolute atomic E-state index is 13.1. The third-order valence-electron chi connectivity index (χ3n) is 4.52. The summed E-state index contributed by atoms with van der Waals surface area (Å²) in [5.74, 6) is -0.447. The zero-order chi connectivity index (χ0) is 18.9. The predicted molar refractivity (Wildman–Crippen MR) is 105 cm³/mol. The Morgan fingerprint density at radius 2 is 1.59 bits per heavy atom. The lowest BCUT2D eigenvalue weighted by atomic mass is 10.2. The lowest BCUT2D eigenvalue weighted by Crippen LogP contribution is -2.48. The van der Waals surface area contributed by atoms with Gasteiger partial charge in [-0.25, -0.2) is 17.8 Å². The molecule has 0 amide bonds. The van der Waals surface area contributed by atoms with Crippen LogP contribution in [0.25, 0.3) is 11.3 Å². The molecule has 2 heterocycles. The first-order valence-electron chi connectivity index (χ1n) is 8.56. The highest BCUT2D eigenvalue weighted by molar-refractivity contribution is 7.89. The summed E-state index contributed by atoms with van der Waals surface area (Å²) in [5, 5.41) is 2.92. The summed E-state index contributed by atoms with van der Waals surface area (Å²) >= 11 is 1.56. The highest BCUT2D eigenvalue weighted by Crippen LogP contribution is 2.28. The normalized spacial score (nSPS) is 15.8. The molecule has 1 fully saturated rings. The van der Waals surface area contributed by atoms with Crippen LogP contribution in [0.5, 0.6) is 0 Å². The zero-order valence-corrected chi connectivity index (χ0v) is 16.1. The summed E-state index contributed by atoms with van der Waals surface area (Å²) in [6.07, 6.45) is 0. The molecule has 1 aliphatic rings. The van der Waals surface area contributed by atoms with Gasteiger partial charge < -0.3 is 4.90 Å². The first kappa shape index (κ1) is 18.1. The molecule has 0 radical (unpaired) electrons. The van der Waals surface area contributed by atoms with Crippen molar-refractivity contribution in [2.24, 2.45) is 0 Å². The number of hydrogen-bond acceptors (Lipinski definition) is 5. The first-order valence-corrected chi connectivity index (χ1v) is 10.9. The average Bonchev–Trinajstić information content (AvgIpc) is 3.19. The second-order valence-corrected chi connectivity index (χ2v) is 9.00. The van der Waals surface area contributed by atoms with Crippen LogP contribution in [0.15, 0.2) is 64.9 Å². The molecule has 3 aromatic rings. The van der Waals surface area contributed by atoms with E-state index >= 15 is 0 Å². The summed E-state index contributed by atoms with van der Waals surface area (Å²) < 4.78 is 39.9. The van der Waals surface area contributed by atoms with Gasteiger partial charge in [-0.2, -0.15) is 4.31 Å². The van der Waals surface area contributed by atoms with E-state index in [1.807, 2.05) is 35.7 Å². The molecule has 1 aromatic heterocycles. The molecule has 8 heteroatoms. The van der Waals surface area contributed by atoms with Gasteiger partial charge >= 0.3 is 0 Å². The van der Waals surface area contributed by atoms with Gasteiger partial charge in [-0.1, -0.05) is 30.3 Å². The number of piperazine rings is 1. The van der Waals surface area contributed by atoms with Crippen LogP contribution in [0.3, 0.4) is 0 Å². The van der Waals surface area contributed by atoms with Crippen molar-refractivity contribution in [1.29, 1.82) is 0 Å². The zero-order valence-electron chi connectivity index (χ0n) is 14.5. The number of anilines is 1. The summed E-state index contributed by atoms with van der Waals surface area (Å²) in [6, 6.07) is 14.9. The van der Waals surface area contributed by atoms with Crippen molar-refractivity contribution in [3.63, 3.8) is 0 Å². The molecular weight excluding hydrogens is 385 g/mol. The van der Waals surface area contributed by atoms with Crippen LogP contribution < -0.4 is 4.90 Å². The number of benzene rings is 2.